The van der Waals surface area contributed by atoms with Crippen LogP contribution in [0.2, 0.25) is 0 Å². The predicted octanol–water partition coefficient (Wildman–Crippen LogP) is 4.21. The van der Waals surface area contributed by atoms with E-state index in [4.69, 9.17) is 5.73 Å². The second-order valence-electron chi connectivity index (χ2n) is 6.75. The van der Waals surface area contributed by atoms with Crippen molar-refractivity contribution in [3.63, 3.8) is 0 Å². The standard InChI is InChI=1S/C18H26N4OS2/c1-11-12(2)25-17-15(11)16(19)21-18(22-17)24-10-14(23)20-13-8-6-4-3-5-7-9-13/h13H,3-10H2,1-2H3,(H,20,23)(H2,19,21,22). The van der Waals surface area contributed by atoms with Crippen molar-refractivity contribution in [2.45, 2.75) is 70.0 Å². The number of carbonyl (C=O) groups excluding carboxylic acids is 1. The Kier molecular flexibility index (Phi) is 6.17. The number of nitrogens with two attached hydrogens (primary N) is 1. The Bertz CT molecular complexity index is 751. The van der Waals surface area contributed by atoms with Crippen molar-refractivity contribution in [3.05, 3.63) is 10.4 Å². The minimum atomic E-state index is 0.0661. The van der Waals surface area contributed by atoms with Crippen LogP contribution in [0, 0.1) is 13.8 Å². The fourth-order valence-corrected chi connectivity index (χ4v) is 5.08. The van der Waals surface area contributed by atoms with Crippen LogP contribution in [0.5, 0.6) is 0 Å². The average Bonchev–Trinajstić information content (AvgIpc) is 2.83. The van der Waals surface area contributed by atoms with E-state index in [1.54, 1.807) is 11.3 Å². The molecule has 0 atom stereocenters. The maximum atomic E-state index is 12.3. The van der Waals surface area contributed by atoms with Gasteiger partial charge in [-0.05, 0) is 32.3 Å². The zero-order valence-corrected chi connectivity index (χ0v) is 16.6. The number of nitrogens with zero attached hydrogens (tertiary/aromatic N) is 2. The fraction of sp³-hybridized carbons (Fsp3) is 0.611. The SMILES string of the molecule is Cc1sc2nc(SCC(=O)NC3CCCCCCC3)nc(N)c2c1C. The molecule has 0 aromatic carbocycles. The molecule has 1 amide bonds. The lowest BCUT2D eigenvalue weighted by molar-refractivity contribution is -0.119. The summed E-state index contributed by atoms with van der Waals surface area (Å²) in [6.07, 6.45) is 8.53. The zero-order chi connectivity index (χ0) is 17.8. The minimum Gasteiger partial charge on any atom is -0.383 e. The number of rotatable bonds is 4. The summed E-state index contributed by atoms with van der Waals surface area (Å²) in [4.78, 5) is 23.3. The van der Waals surface area contributed by atoms with Crippen LogP contribution < -0.4 is 11.1 Å². The third-order valence-electron chi connectivity index (χ3n) is 4.84. The van der Waals surface area contributed by atoms with E-state index >= 15 is 0 Å². The smallest absolute Gasteiger partial charge is 0.230 e. The summed E-state index contributed by atoms with van der Waals surface area (Å²) in [6.45, 7) is 4.11. The molecule has 1 aliphatic rings. The Hall–Kier alpha value is -1.34. The predicted molar refractivity (Wildman–Crippen MR) is 106 cm³/mol. The van der Waals surface area contributed by atoms with Gasteiger partial charge >= 0.3 is 0 Å². The summed E-state index contributed by atoms with van der Waals surface area (Å²) in [5, 5.41) is 4.71. The van der Waals surface area contributed by atoms with Crippen molar-refractivity contribution in [2.75, 3.05) is 11.5 Å². The van der Waals surface area contributed by atoms with Gasteiger partial charge in [-0.3, -0.25) is 4.79 Å². The number of carbonyl (C=O) groups is 1. The number of hydrogen-bond donors (Lipinski definition) is 2. The largest absolute Gasteiger partial charge is 0.383 e. The highest BCUT2D eigenvalue weighted by Crippen LogP contribution is 2.33. The second-order valence-corrected chi connectivity index (χ2v) is 8.90. The molecule has 3 rings (SSSR count). The van der Waals surface area contributed by atoms with Crippen LogP contribution in [0.15, 0.2) is 5.16 Å². The highest BCUT2D eigenvalue weighted by atomic mass is 32.2. The lowest BCUT2D eigenvalue weighted by atomic mass is 9.97. The van der Waals surface area contributed by atoms with E-state index in [-0.39, 0.29) is 5.91 Å². The minimum absolute atomic E-state index is 0.0661. The molecule has 5 nitrogen and oxygen atoms in total. The molecule has 1 aliphatic carbocycles. The highest BCUT2D eigenvalue weighted by Gasteiger charge is 2.16. The van der Waals surface area contributed by atoms with E-state index in [0.29, 0.717) is 22.8 Å². The summed E-state index contributed by atoms with van der Waals surface area (Å²) in [5.74, 6) is 0.913. The number of aryl methyl sites for hydroxylation is 2. The molecule has 0 aliphatic heterocycles. The van der Waals surface area contributed by atoms with Gasteiger partial charge in [-0.1, -0.05) is 43.9 Å². The molecule has 0 spiro atoms. The average molecular weight is 379 g/mol. The normalized spacial score (nSPS) is 16.6. The lowest BCUT2D eigenvalue weighted by Crippen LogP contribution is -2.36. The Morgan fingerprint density at radius 2 is 1.88 bits per heavy atom. The van der Waals surface area contributed by atoms with Crippen molar-refractivity contribution < 1.29 is 4.79 Å². The monoisotopic (exact) mass is 378 g/mol. The summed E-state index contributed by atoms with van der Waals surface area (Å²) >= 11 is 2.99. The maximum absolute atomic E-state index is 12.3. The van der Waals surface area contributed by atoms with Gasteiger partial charge in [0.1, 0.15) is 10.6 Å². The van der Waals surface area contributed by atoms with Crippen LogP contribution >= 0.6 is 23.1 Å². The second kappa shape index (κ2) is 8.36. The summed E-state index contributed by atoms with van der Waals surface area (Å²) < 4.78 is 0. The number of hydrogen-bond acceptors (Lipinski definition) is 6. The number of nitrogen functional groups attached to an aromatic ring is 1. The molecule has 2 aromatic rings. The Labute approximate surface area is 157 Å². The Morgan fingerprint density at radius 3 is 2.60 bits per heavy atom. The van der Waals surface area contributed by atoms with Crippen LogP contribution in [0.1, 0.15) is 55.4 Å². The van der Waals surface area contributed by atoms with Crippen molar-refractivity contribution in [1.29, 1.82) is 0 Å². The molecular weight excluding hydrogens is 352 g/mol. The molecule has 0 bridgehead atoms. The van der Waals surface area contributed by atoms with Gasteiger partial charge in [-0.15, -0.1) is 11.3 Å². The van der Waals surface area contributed by atoms with Crippen LogP contribution in [0.25, 0.3) is 10.2 Å². The van der Waals surface area contributed by atoms with Crippen LogP contribution in [0.4, 0.5) is 5.82 Å². The molecular formula is C18H26N4OS2. The summed E-state index contributed by atoms with van der Waals surface area (Å²) in [5.41, 5.74) is 7.25. The molecule has 1 fully saturated rings. The van der Waals surface area contributed by atoms with Crippen molar-refractivity contribution >= 4 is 45.0 Å². The van der Waals surface area contributed by atoms with Gasteiger partial charge in [0.2, 0.25) is 5.91 Å². The number of thiophene rings is 1. The molecule has 0 radical (unpaired) electrons. The van der Waals surface area contributed by atoms with E-state index in [1.165, 1.54) is 48.7 Å². The number of thioether (sulfide) groups is 1. The number of nitrogens with one attached hydrogen (secondary N) is 1. The van der Waals surface area contributed by atoms with Gasteiger partial charge in [-0.25, -0.2) is 9.97 Å². The molecule has 3 N–H and O–H groups in total. The first-order chi connectivity index (χ1) is 12.0. The Morgan fingerprint density at radius 1 is 1.20 bits per heavy atom. The summed E-state index contributed by atoms with van der Waals surface area (Å²) in [7, 11) is 0. The number of amides is 1. The van der Waals surface area contributed by atoms with Crippen molar-refractivity contribution in [1.82, 2.24) is 15.3 Å². The molecule has 0 unspecified atom stereocenters. The third kappa shape index (κ3) is 4.64. The first kappa shape index (κ1) is 18.5. The van der Waals surface area contributed by atoms with Crippen LogP contribution in [-0.4, -0.2) is 27.7 Å². The van der Waals surface area contributed by atoms with Crippen LogP contribution in [-0.2, 0) is 4.79 Å². The molecule has 2 aromatic heterocycles. The first-order valence-electron chi connectivity index (χ1n) is 9.00. The molecule has 2 heterocycles. The molecule has 1 saturated carbocycles. The van der Waals surface area contributed by atoms with Crippen LogP contribution in [0.3, 0.4) is 0 Å². The van der Waals surface area contributed by atoms with Gasteiger partial charge in [0.15, 0.2) is 5.16 Å². The van der Waals surface area contributed by atoms with Gasteiger partial charge in [0, 0.05) is 10.9 Å². The fourth-order valence-electron chi connectivity index (χ4n) is 3.32. The lowest BCUT2D eigenvalue weighted by Gasteiger charge is -2.20. The highest BCUT2D eigenvalue weighted by molar-refractivity contribution is 7.99. The number of fused-ring (bicyclic) bond motifs is 1. The topological polar surface area (TPSA) is 80.9 Å². The number of aromatic nitrogens is 2. The van der Waals surface area contributed by atoms with Gasteiger partial charge < -0.3 is 11.1 Å². The van der Waals surface area contributed by atoms with Crippen molar-refractivity contribution in [2.24, 2.45) is 0 Å². The third-order valence-corrected chi connectivity index (χ3v) is 6.79. The van der Waals surface area contributed by atoms with Crippen molar-refractivity contribution in [3.8, 4) is 0 Å². The van der Waals surface area contributed by atoms with Gasteiger partial charge in [0.25, 0.3) is 0 Å². The Balaban J connectivity index is 1.59. The molecule has 7 heteroatoms. The molecule has 0 saturated heterocycles. The van der Waals surface area contributed by atoms with Gasteiger partial charge in [-0.2, -0.15) is 0 Å². The van der Waals surface area contributed by atoms with E-state index in [0.717, 1.165) is 28.6 Å². The van der Waals surface area contributed by atoms with Gasteiger partial charge in [0.05, 0.1) is 11.1 Å². The van der Waals surface area contributed by atoms with E-state index < -0.39 is 0 Å². The molecule has 25 heavy (non-hydrogen) atoms. The van der Waals surface area contributed by atoms with E-state index in [2.05, 4.69) is 22.2 Å². The summed E-state index contributed by atoms with van der Waals surface area (Å²) in [6, 6.07) is 0.324. The zero-order valence-electron chi connectivity index (χ0n) is 14.9. The van der Waals surface area contributed by atoms with E-state index in [9.17, 15) is 4.79 Å². The molecule has 136 valence electrons. The van der Waals surface area contributed by atoms with E-state index in [1.807, 2.05) is 6.92 Å². The maximum Gasteiger partial charge on any atom is 0.230 e. The quantitative estimate of drug-likeness (QED) is 0.615. The first-order valence-corrected chi connectivity index (χ1v) is 10.8. The number of anilines is 1.